The summed E-state index contributed by atoms with van der Waals surface area (Å²) in [5.74, 6) is -0.554. The maximum Gasteiger partial charge on any atom is 0.238 e. The van der Waals surface area contributed by atoms with Gasteiger partial charge in [-0.05, 0) is 83.8 Å². The number of hydrogen-bond donors (Lipinski definition) is 1. The van der Waals surface area contributed by atoms with E-state index in [-0.39, 0.29) is 17.5 Å². The van der Waals surface area contributed by atoms with Crippen molar-refractivity contribution in [2.24, 2.45) is 5.92 Å². The zero-order valence-electron chi connectivity index (χ0n) is 24.5. The molecule has 0 aliphatic carbocycles. The van der Waals surface area contributed by atoms with Crippen LogP contribution in [0.5, 0.6) is 11.5 Å². The molecule has 0 saturated carbocycles. The van der Waals surface area contributed by atoms with Gasteiger partial charge >= 0.3 is 0 Å². The number of nitrogens with zero attached hydrogens (tertiary/aromatic N) is 1. The second-order valence-corrected chi connectivity index (χ2v) is 11.4. The molecule has 44 heavy (non-hydrogen) atoms. The zero-order valence-corrected chi connectivity index (χ0v) is 24.5. The van der Waals surface area contributed by atoms with E-state index in [9.17, 15) is 14.4 Å². The number of carbonyl (C=O) groups is 3. The van der Waals surface area contributed by atoms with Crippen LogP contribution < -0.4 is 14.8 Å². The molecule has 0 radical (unpaired) electrons. The van der Waals surface area contributed by atoms with Gasteiger partial charge in [-0.1, -0.05) is 49.4 Å². The van der Waals surface area contributed by atoms with Crippen LogP contribution in [0, 0.1) is 5.92 Å². The second kappa shape index (κ2) is 10.8. The molecule has 1 fully saturated rings. The minimum absolute atomic E-state index is 0.239. The summed E-state index contributed by atoms with van der Waals surface area (Å²) in [4.78, 5) is 46.1. The highest BCUT2D eigenvalue weighted by Gasteiger charge is 2.70. The summed E-state index contributed by atoms with van der Waals surface area (Å²) in [5.41, 5.74) is 2.70. The van der Waals surface area contributed by atoms with Gasteiger partial charge in [-0.2, -0.15) is 0 Å². The molecular weight excluding hydrogens is 552 g/mol. The van der Waals surface area contributed by atoms with Crippen molar-refractivity contribution in [3.05, 3.63) is 131 Å². The van der Waals surface area contributed by atoms with Gasteiger partial charge < -0.3 is 19.7 Å². The van der Waals surface area contributed by atoms with Crippen molar-refractivity contribution < 1.29 is 23.9 Å². The average molecular weight is 585 g/mol. The Bertz CT molecular complexity index is 1800. The predicted octanol–water partition coefficient (Wildman–Crippen LogP) is 6.47. The van der Waals surface area contributed by atoms with E-state index in [0.29, 0.717) is 34.9 Å². The van der Waals surface area contributed by atoms with Crippen molar-refractivity contribution in [3.63, 3.8) is 0 Å². The number of para-hydroxylation sites is 1. The Balaban J connectivity index is 1.46. The van der Waals surface area contributed by atoms with Crippen LogP contribution in [0.4, 0.5) is 5.69 Å². The molecule has 220 valence electrons. The van der Waals surface area contributed by atoms with E-state index in [4.69, 9.17) is 9.47 Å². The van der Waals surface area contributed by atoms with Crippen LogP contribution in [-0.4, -0.2) is 42.1 Å². The monoisotopic (exact) mass is 584 g/mol. The molecule has 1 N–H and O–H groups in total. The topological polar surface area (TPSA) is 84.9 Å². The first kappa shape index (κ1) is 27.7. The van der Waals surface area contributed by atoms with Gasteiger partial charge in [-0.25, -0.2) is 0 Å². The maximum absolute atomic E-state index is 14.9. The first-order valence-corrected chi connectivity index (χ1v) is 14.9. The first-order valence-electron chi connectivity index (χ1n) is 14.9. The number of ether oxygens (including phenoxy) is 2. The van der Waals surface area contributed by atoms with Gasteiger partial charge in [0.25, 0.3) is 0 Å². The molecule has 4 aromatic carbocycles. The largest absolute Gasteiger partial charge is 0.497 e. The van der Waals surface area contributed by atoms with Gasteiger partial charge in [0.05, 0.1) is 25.7 Å². The molecule has 1 saturated heterocycles. The summed E-state index contributed by atoms with van der Waals surface area (Å²) >= 11 is 0. The van der Waals surface area contributed by atoms with Crippen LogP contribution in [0.15, 0.2) is 103 Å². The highest BCUT2D eigenvalue weighted by atomic mass is 16.5. The van der Waals surface area contributed by atoms with Gasteiger partial charge in [0.15, 0.2) is 11.6 Å². The molecule has 1 amide bonds. The third-order valence-electron chi connectivity index (χ3n) is 9.11. The molecule has 0 unspecified atom stereocenters. The number of amides is 1. The number of rotatable bonds is 8. The molecular formula is C37H32N2O5. The van der Waals surface area contributed by atoms with E-state index in [1.807, 2.05) is 72.6 Å². The fourth-order valence-electron chi connectivity index (χ4n) is 7.21. The number of benzene rings is 4. The Morgan fingerprint density at radius 1 is 0.841 bits per heavy atom. The molecule has 7 rings (SSSR count). The van der Waals surface area contributed by atoms with E-state index < -0.39 is 23.4 Å². The van der Waals surface area contributed by atoms with Gasteiger partial charge in [0.1, 0.15) is 23.0 Å². The minimum Gasteiger partial charge on any atom is -0.497 e. The van der Waals surface area contributed by atoms with Crippen LogP contribution in [-0.2, 0) is 10.2 Å². The number of methoxy groups -OCH3 is 1. The molecule has 4 atom stereocenters. The third-order valence-corrected chi connectivity index (χ3v) is 9.11. The lowest BCUT2D eigenvalue weighted by atomic mass is 9.62. The lowest BCUT2D eigenvalue weighted by Crippen LogP contribution is -2.49. The fourth-order valence-corrected chi connectivity index (χ4v) is 7.21. The van der Waals surface area contributed by atoms with Crippen molar-refractivity contribution in [2.45, 2.75) is 30.8 Å². The van der Waals surface area contributed by atoms with Crippen LogP contribution in [0.3, 0.4) is 0 Å². The van der Waals surface area contributed by atoms with Crippen LogP contribution >= 0.6 is 0 Å². The zero-order chi connectivity index (χ0) is 30.4. The van der Waals surface area contributed by atoms with E-state index in [2.05, 4.69) is 5.32 Å². The summed E-state index contributed by atoms with van der Waals surface area (Å²) in [6.45, 7) is 2.60. The number of anilines is 1. The Morgan fingerprint density at radius 3 is 2.23 bits per heavy atom. The number of fused-ring (bicyclic) bond motifs is 6. The Labute approximate surface area is 256 Å². The summed E-state index contributed by atoms with van der Waals surface area (Å²) in [6.07, 6.45) is 4.70. The SMILES string of the molecule is CCCOc1ccc(C(=O)[C@@H]2[C@H](C(=O)c3ccc(OC)cc3)N3C=Cc4ccccc4[C@@H]3[C@@]23C(=O)Nc2ccccc23)cc1. The predicted molar refractivity (Wildman–Crippen MR) is 168 cm³/mol. The normalized spacial score (nSPS) is 22.6. The van der Waals surface area contributed by atoms with Crippen LogP contribution in [0.25, 0.3) is 6.08 Å². The summed E-state index contributed by atoms with van der Waals surface area (Å²) in [6, 6.07) is 27.8. The molecule has 3 aliphatic rings. The number of hydrogen-bond acceptors (Lipinski definition) is 6. The van der Waals surface area contributed by atoms with E-state index in [1.54, 1.807) is 55.6 Å². The van der Waals surface area contributed by atoms with Gasteiger partial charge in [-0.15, -0.1) is 0 Å². The number of Topliss-reactive ketones (excluding diaryl/α,β-unsaturated/α-hetero) is 2. The van der Waals surface area contributed by atoms with E-state index in [1.165, 1.54) is 0 Å². The maximum atomic E-state index is 14.9. The molecule has 3 aliphatic heterocycles. The fraction of sp³-hybridized carbons (Fsp3) is 0.216. The standard InChI is InChI=1S/C37H32N2O5/c1-3-22-44-27-18-14-24(15-19-27)33(40)31-32(34(41)25-12-16-26(43-2)17-13-25)39-21-20-23-8-4-5-9-28(23)35(39)37(31)29-10-6-7-11-30(29)38-36(37)42/h4-21,31-32,35H,3,22H2,1-2H3,(H,38,42)/t31-,32+,35+,37-/m0/s1. The molecule has 4 aromatic rings. The molecule has 7 nitrogen and oxygen atoms in total. The highest BCUT2D eigenvalue weighted by molar-refractivity contribution is 6.16. The van der Waals surface area contributed by atoms with Crippen LogP contribution in [0.2, 0.25) is 0 Å². The van der Waals surface area contributed by atoms with Gasteiger partial charge in [0, 0.05) is 23.0 Å². The highest BCUT2D eigenvalue weighted by Crippen LogP contribution is 2.62. The minimum atomic E-state index is -1.38. The van der Waals surface area contributed by atoms with Crippen LogP contribution in [0.1, 0.15) is 56.8 Å². The number of carbonyl (C=O) groups excluding carboxylic acids is 3. The smallest absolute Gasteiger partial charge is 0.238 e. The Kier molecular flexibility index (Phi) is 6.81. The Hall–Kier alpha value is -5.17. The second-order valence-electron chi connectivity index (χ2n) is 11.4. The van der Waals surface area contributed by atoms with Crippen molar-refractivity contribution in [1.29, 1.82) is 0 Å². The third kappa shape index (κ3) is 4.07. The van der Waals surface area contributed by atoms with Crippen molar-refractivity contribution >= 4 is 29.2 Å². The quantitative estimate of drug-likeness (QED) is 0.239. The van der Waals surface area contributed by atoms with Crippen molar-refractivity contribution in [3.8, 4) is 11.5 Å². The van der Waals surface area contributed by atoms with E-state index in [0.717, 1.165) is 23.1 Å². The van der Waals surface area contributed by atoms with Gasteiger partial charge in [0.2, 0.25) is 5.91 Å². The molecule has 1 spiro atoms. The average Bonchev–Trinajstić information content (AvgIpc) is 3.55. The molecule has 3 heterocycles. The van der Waals surface area contributed by atoms with E-state index >= 15 is 0 Å². The number of nitrogens with one attached hydrogen (secondary N) is 1. The van der Waals surface area contributed by atoms with Crippen molar-refractivity contribution in [1.82, 2.24) is 4.90 Å². The summed E-state index contributed by atoms with van der Waals surface area (Å²) in [7, 11) is 1.57. The first-order chi connectivity index (χ1) is 21.5. The lowest BCUT2D eigenvalue weighted by Gasteiger charge is -2.38. The summed E-state index contributed by atoms with van der Waals surface area (Å²) < 4.78 is 11.1. The Morgan fingerprint density at radius 2 is 1.50 bits per heavy atom. The molecule has 7 heteroatoms. The van der Waals surface area contributed by atoms with Gasteiger partial charge in [-0.3, -0.25) is 14.4 Å². The van der Waals surface area contributed by atoms with Crippen molar-refractivity contribution in [2.75, 3.05) is 19.0 Å². The molecule has 0 aromatic heterocycles. The number of ketones is 2. The lowest BCUT2D eigenvalue weighted by molar-refractivity contribution is -0.122. The molecule has 0 bridgehead atoms. The summed E-state index contributed by atoms with van der Waals surface area (Å²) in [5, 5.41) is 3.09.